The highest BCUT2D eigenvalue weighted by Gasteiger charge is 2.30. The minimum absolute atomic E-state index is 0. The van der Waals surface area contributed by atoms with Crippen LogP contribution in [0.1, 0.15) is 51.4 Å². The number of halogens is 1. The number of aliphatic imine (C=N–C) groups is 1. The van der Waals surface area contributed by atoms with Gasteiger partial charge in [-0.25, -0.2) is 0 Å². The summed E-state index contributed by atoms with van der Waals surface area (Å²) in [7, 11) is 4.12. The van der Waals surface area contributed by atoms with Gasteiger partial charge in [-0.2, -0.15) is 0 Å². The second kappa shape index (κ2) is 12.9. The lowest BCUT2D eigenvalue weighted by Crippen LogP contribution is -2.55. The Hall–Kier alpha value is -0.610. The monoisotopic (exact) mass is 521 g/mol. The molecule has 0 aromatic rings. The molecule has 1 unspecified atom stereocenters. The van der Waals surface area contributed by atoms with E-state index in [1.807, 2.05) is 11.9 Å². The number of carbonyl (C=O) groups excluding carboxylic acids is 1. The van der Waals surface area contributed by atoms with Crippen molar-refractivity contribution in [2.75, 3.05) is 60.0 Å². The van der Waals surface area contributed by atoms with E-state index in [4.69, 9.17) is 4.74 Å². The molecule has 0 aromatic heterocycles. The summed E-state index contributed by atoms with van der Waals surface area (Å²) in [6.07, 6.45) is 9.72. The molecule has 1 N–H and O–H groups in total. The maximum Gasteiger partial charge on any atom is 0.251 e. The lowest BCUT2D eigenvalue weighted by Gasteiger charge is -2.37. The van der Waals surface area contributed by atoms with Crippen LogP contribution in [0.15, 0.2) is 4.99 Å². The SMILES string of the molecule is CN=C(NCCCN(C)C1CCCCC1)N1CCN(C(=O)C2CCCO2)CC1.I. The van der Waals surface area contributed by atoms with Crippen molar-refractivity contribution in [1.82, 2.24) is 20.0 Å². The van der Waals surface area contributed by atoms with Crippen LogP contribution in [0.3, 0.4) is 0 Å². The molecule has 2 aliphatic heterocycles. The van der Waals surface area contributed by atoms with Gasteiger partial charge in [0, 0.05) is 52.4 Å². The molecule has 1 amide bonds. The lowest BCUT2D eigenvalue weighted by molar-refractivity contribution is -0.142. The summed E-state index contributed by atoms with van der Waals surface area (Å²) in [5.74, 6) is 1.13. The number of rotatable bonds is 6. The van der Waals surface area contributed by atoms with E-state index >= 15 is 0 Å². The third-order valence-electron chi connectivity index (χ3n) is 6.48. The quantitative estimate of drug-likeness (QED) is 0.251. The standard InChI is InChI=1S/C21H39N5O2.HI/c1-22-21(23-11-7-12-24(2)18-8-4-3-5-9-18)26-15-13-25(14-16-26)20(27)19-10-6-17-28-19;/h18-19H,3-17H2,1-2H3,(H,22,23);1H. The van der Waals surface area contributed by atoms with Crippen molar-refractivity contribution < 1.29 is 9.53 Å². The fourth-order valence-electron chi connectivity index (χ4n) is 4.68. The smallest absolute Gasteiger partial charge is 0.251 e. The van der Waals surface area contributed by atoms with Gasteiger partial charge < -0.3 is 24.8 Å². The highest BCUT2D eigenvalue weighted by molar-refractivity contribution is 14.0. The van der Waals surface area contributed by atoms with E-state index in [2.05, 4.69) is 27.2 Å². The Bertz CT molecular complexity index is 513. The minimum atomic E-state index is -0.204. The van der Waals surface area contributed by atoms with Gasteiger partial charge in [-0.3, -0.25) is 9.79 Å². The van der Waals surface area contributed by atoms with Crippen LogP contribution in [-0.2, 0) is 9.53 Å². The van der Waals surface area contributed by atoms with Gasteiger partial charge in [0.1, 0.15) is 6.10 Å². The van der Waals surface area contributed by atoms with E-state index < -0.39 is 0 Å². The summed E-state index contributed by atoms with van der Waals surface area (Å²) in [5, 5.41) is 3.52. The van der Waals surface area contributed by atoms with E-state index in [9.17, 15) is 4.79 Å². The second-order valence-electron chi connectivity index (χ2n) is 8.41. The Morgan fingerprint density at radius 2 is 1.76 bits per heavy atom. The third kappa shape index (κ3) is 7.24. The second-order valence-corrected chi connectivity index (χ2v) is 8.41. The Morgan fingerprint density at radius 1 is 1.07 bits per heavy atom. The first-order chi connectivity index (χ1) is 13.7. The Labute approximate surface area is 193 Å². The number of carbonyl (C=O) groups is 1. The zero-order valence-corrected chi connectivity index (χ0v) is 20.6. The van der Waals surface area contributed by atoms with Gasteiger partial charge in [0.15, 0.2) is 5.96 Å². The molecule has 168 valence electrons. The molecule has 3 aliphatic rings. The van der Waals surface area contributed by atoms with Crippen LogP contribution in [0.25, 0.3) is 0 Å². The number of hydrogen-bond acceptors (Lipinski definition) is 4. The summed E-state index contributed by atoms with van der Waals surface area (Å²) in [4.78, 5) is 23.7. The van der Waals surface area contributed by atoms with Crippen molar-refractivity contribution in [3.63, 3.8) is 0 Å². The van der Waals surface area contributed by atoms with Crippen molar-refractivity contribution in [3.05, 3.63) is 0 Å². The van der Waals surface area contributed by atoms with Crippen LogP contribution in [0.5, 0.6) is 0 Å². The summed E-state index contributed by atoms with van der Waals surface area (Å²) in [6.45, 7) is 5.98. The first-order valence-corrected chi connectivity index (χ1v) is 11.3. The average molecular weight is 521 g/mol. The molecular weight excluding hydrogens is 481 g/mol. The Kier molecular flexibility index (Phi) is 11.0. The van der Waals surface area contributed by atoms with Gasteiger partial charge in [0.25, 0.3) is 5.91 Å². The van der Waals surface area contributed by atoms with Gasteiger partial charge >= 0.3 is 0 Å². The largest absolute Gasteiger partial charge is 0.368 e. The number of nitrogens with one attached hydrogen (secondary N) is 1. The molecule has 1 aliphatic carbocycles. The zero-order valence-electron chi connectivity index (χ0n) is 18.3. The third-order valence-corrected chi connectivity index (χ3v) is 6.48. The number of nitrogens with zero attached hydrogens (tertiary/aromatic N) is 4. The highest BCUT2D eigenvalue weighted by Crippen LogP contribution is 2.21. The van der Waals surface area contributed by atoms with Crippen LogP contribution in [0, 0.1) is 0 Å². The number of guanidine groups is 1. The van der Waals surface area contributed by atoms with Gasteiger partial charge in [0.05, 0.1) is 0 Å². The normalized spacial score (nSPS) is 24.0. The molecular formula is C21H40IN5O2. The first-order valence-electron chi connectivity index (χ1n) is 11.3. The number of ether oxygens (including phenoxy) is 1. The van der Waals surface area contributed by atoms with E-state index in [-0.39, 0.29) is 36.0 Å². The lowest BCUT2D eigenvalue weighted by atomic mass is 9.94. The highest BCUT2D eigenvalue weighted by atomic mass is 127. The Morgan fingerprint density at radius 3 is 2.38 bits per heavy atom. The van der Waals surface area contributed by atoms with E-state index in [1.165, 1.54) is 32.1 Å². The van der Waals surface area contributed by atoms with Crippen molar-refractivity contribution >= 4 is 35.8 Å². The number of amides is 1. The molecule has 29 heavy (non-hydrogen) atoms. The van der Waals surface area contributed by atoms with Gasteiger partial charge in [0.2, 0.25) is 0 Å². The molecule has 1 atom stereocenters. The molecule has 7 nitrogen and oxygen atoms in total. The van der Waals surface area contributed by atoms with E-state index in [1.54, 1.807) is 0 Å². The Balaban J connectivity index is 0.00000300. The molecule has 0 aromatic carbocycles. The van der Waals surface area contributed by atoms with Crippen molar-refractivity contribution in [3.8, 4) is 0 Å². The van der Waals surface area contributed by atoms with Crippen LogP contribution in [-0.4, -0.2) is 98.7 Å². The fourth-order valence-corrected chi connectivity index (χ4v) is 4.68. The maximum absolute atomic E-state index is 12.5. The van der Waals surface area contributed by atoms with Crippen molar-refractivity contribution in [2.24, 2.45) is 4.99 Å². The fraction of sp³-hybridized carbons (Fsp3) is 0.905. The maximum atomic E-state index is 12.5. The molecule has 3 fully saturated rings. The van der Waals surface area contributed by atoms with Crippen LogP contribution < -0.4 is 5.32 Å². The van der Waals surface area contributed by atoms with Gasteiger partial charge in [-0.15, -0.1) is 24.0 Å². The minimum Gasteiger partial charge on any atom is -0.368 e. The van der Waals surface area contributed by atoms with Crippen molar-refractivity contribution in [2.45, 2.75) is 63.5 Å². The molecule has 2 heterocycles. The predicted molar refractivity (Wildman–Crippen MR) is 128 cm³/mol. The van der Waals surface area contributed by atoms with Crippen LogP contribution in [0.2, 0.25) is 0 Å². The average Bonchev–Trinajstić information content (AvgIpc) is 3.29. The summed E-state index contributed by atoms with van der Waals surface area (Å²) >= 11 is 0. The zero-order chi connectivity index (χ0) is 19.8. The predicted octanol–water partition coefficient (Wildman–Crippen LogP) is 2.16. The van der Waals surface area contributed by atoms with E-state index in [0.717, 1.165) is 77.1 Å². The molecule has 0 bridgehead atoms. The van der Waals surface area contributed by atoms with Crippen LogP contribution >= 0.6 is 24.0 Å². The number of hydrogen-bond donors (Lipinski definition) is 1. The van der Waals surface area contributed by atoms with E-state index in [0.29, 0.717) is 0 Å². The van der Waals surface area contributed by atoms with Crippen LogP contribution in [0.4, 0.5) is 0 Å². The van der Waals surface area contributed by atoms with Gasteiger partial charge in [-0.05, 0) is 45.7 Å². The molecule has 0 spiro atoms. The summed E-state index contributed by atoms with van der Waals surface area (Å²) < 4.78 is 5.55. The summed E-state index contributed by atoms with van der Waals surface area (Å²) in [6, 6.07) is 0.780. The van der Waals surface area contributed by atoms with Gasteiger partial charge in [-0.1, -0.05) is 19.3 Å². The molecule has 8 heteroatoms. The molecule has 0 radical (unpaired) electrons. The van der Waals surface area contributed by atoms with Crippen molar-refractivity contribution in [1.29, 1.82) is 0 Å². The molecule has 3 rings (SSSR count). The topological polar surface area (TPSA) is 60.4 Å². The molecule has 1 saturated carbocycles. The first kappa shape index (κ1) is 24.7. The summed E-state index contributed by atoms with van der Waals surface area (Å²) in [5.41, 5.74) is 0. The molecule has 2 saturated heterocycles. The number of piperazine rings is 1.